The Morgan fingerprint density at radius 1 is 0.947 bits per heavy atom. The Morgan fingerprint density at radius 2 is 1.53 bits per heavy atom. The van der Waals surface area contributed by atoms with Crippen LogP contribution in [-0.4, -0.2) is 5.88 Å². The van der Waals surface area contributed by atoms with Crippen LogP contribution in [0, 0.1) is 5.82 Å². The number of hydrogen-bond donors (Lipinski definition) is 0. The summed E-state index contributed by atoms with van der Waals surface area (Å²) >= 11 is 18.3. The summed E-state index contributed by atoms with van der Waals surface area (Å²) in [6.07, 6.45) is 0.633. The molecule has 2 aromatic rings. The van der Waals surface area contributed by atoms with E-state index in [9.17, 15) is 4.39 Å². The van der Waals surface area contributed by atoms with Crippen molar-refractivity contribution in [1.29, 1.82) is 0 Å². The molecule has 19 heavy (non-hydrogen) atoms. The van der Waals surface area contributed by atoms with E-state index in [4.69, 9.17) is 34.8 Å². The molecule has 1 atom stereocenters. The molecule has 100 valence electrons. The van der Waals surface area contributed by atoms with Crippen molar-refractivity contribution in [2.24, 2.45) is 0 Å². The SMILES string of the molecule is Fc1ccc(C(CCl)Cc2c(Cl)cccc2Cl)cc1. The van der Waals surface area contributed by atoms with Crippen molar-refractivity contribution >= 4 is 34.8 Å². The van der Waals surface area contributed by atoms with Crippen molar-refractivity contribution in [2.75, 3.05) is 5.88 Å². The highest BCUT2D eigenvalue weighted by Gasteiger charge is 2.15. The van der Waals surface area contributed by atoms with E-state index in [2.05, 4.69) is 0 Å². The van der Waals surface area contributed by atoms with Crippen LogP contribution in [0.2, 0.25) is 10.0 Å². The van der Waals surface area contributed by atoms with Gasteiger partial charge in [0.25, 0.3) is 0 Å². The molecule has 1 unspecified atom stereocenters. The van der Waals surface area contributed by atoms with Gasteiger partial charge in [-0.15, -0.1) is 11.6 Å². The molecule has 0 saturated heterocycles. The fraction of sp³-hybridized carbons (Fsp3) is 0.200. The summed E-state index contributed by atoms with van der Waals surface area (Å²) < 4.78 is 12.9. The Morgan fingerprint density at radius 3 is 2.05 bits per heavy atom. The average molecular weight is 318 g/mol. The minimum Gasteiger partial charge on any atom is -0.207 e. The van der Waals surface area contributed by atoms with Gasteiger partial charge in [-0.2, -0.15) is 0 Å². The zero-order chi connectivity index (χ0) is 13.8. The van der Waals surface area contributed by atoms with Crippen molar-refractivity contribution in [2.45, 2.75) is 12.3 Å². The van der Waals surface area contributed by atoms with Crippen LogP contribution in [-0.2, 0) is 6.42 Å². The van der Waals surface area contributed by atoms with Crippen molar-refractivity contribution in [3.63, 3.8) is 0 Å². The first-order valence-electron chi connectivity index (χ1n) is 5.86. The van der Waals surface area contributed by atoms with Gasteiger partial charge in [-0.3, -0.25) is 0 Å². The van der Waals surface area contributed by atoms with Crippen LogP contribution >= 0.6 is 34.8 Å². The number of benzene rings is 2. The monoisotopic (exact) mass is 316 g/mol. The summed E-state index contributed by atoms with van der Waals surface area (Å²) in [6.45, 7) is 0. The first-order chi connectivity index (χ1) is 9.11. The summed E-state index contributed by atoms with van der Waals surface area (Å²) in [5.41, 5.74) is 1.85. The minimum atomic E-state index is -0.257. The molecule has 0 saturated carbocycles. The van der Waals surface area contributed by atoms with Crippen molar-refractivity contribution in [3.8, 4) is 0 Å². The summed E-state index contributed by atoms with van der Waals surface area (Å²) in [7, 11) is 0. The van der Waals surface area contributed by atoms with Gasteiger partial charge in [0.05, 0.1) is 0 Å². The lowest BCUT2D eigenvalue weighted by molar-refractivity contribution is 0.625. The predicted octanol–water partition coefficient (Wildman–Crippen LogP) is 5.70. The summed E-state index contributed by atoms with van der Waals surface area (Å²) in [4.78, 5) is 0. The van der Waals surface area contributed by atoms with Gasteiger partial charge in [-0.25, -0.2) is 4.39 Å². The van der Waals surface area contributed by atoms with Crippen molar-refractivity contribution < 1.29 is 4.39 Å². The van der Waals surface area contributed by atoms with Crippen LogP contribution in [0.15, 0.2) is 42.5 Å². The third kappa shape index (κ3) is 3.62. The van der Waals surface area contributed by atoms with Gasteiger partial charge in [-0.1, -0.05) is 41.4 Å². The molecule has 0 aliphatic rings. The summed E-state index contributed by atoms with van der Waals surface area (Å²) in [5, 5.41) is 1.26. The number of rotatable bonds is 4. The van der Waals surface area contributed by atoms with Crippen molar-refractivity contribution in [3.05, 3.63) is 69.5 Å². The van der Waals surface area contributed by atoms with Gasteiger partial charge in [-0.05, 0) is 41.8 Å². The second kappa shape index (κ2) is 6.60. The molecular weight excluding hydrogens is 306 g/mol. The maximum absolute atomic E-state index is 12.9. The first kappa shape index (κ1) is 14.6. The average Bonchev–Trinajstić information content (AvgIpc) is 2.40. The Bertz CT molecular complexity index is 532. The summed E-state index contributed by atoms with van der Waals surface area (Å²) in [5.74, 6) is 0.222. The molecule has 0 aliphatic heterocycles. The first-order valence-corrected chi connectivity index (χ1v) is 7.15. The number of halogens is 4. The maximum atomic E-state index is 12.9. The van der Waals surface area contributed by atoms with Crippen LogP contribution in [0.5, 0.6) is 0 Å². The highest BCUT2D eigenvalue weighted by Crippen LogP contribution is 2.31. The van der Waals surface area contributed by atoms with Gasteiger partial charge in [0.15, 0.2) is 0 Å². The van der Waals surface area contributed by atoms with E-state index < -0.39 is 0 Å². The zero-order valence-electron chi connectivity index (χ0n) is 10.0. The van der Waals surface area contributed by atoms with Crippen LogP contribution < -0.4 is 0 Å². The topological polar surface area (TPSA) is 0 Å². The number of alkyl halides is 1. The van der Waals surface area contributed by atoms with Crippen LogP contribution in [0.1, 0.15) is 17.0 Å². The predicted molar refractivity (Wildman–Crippen MR) is 80.0 cm³/mol. The van der Waals surface area contributed by atoms with E-state index in [1.54, 1.807) is 24.3 Å². The molecule has 0 amide bonds. The van der Waals surface area contributed by atoms with E-state index >= 15 is 0 Å². The molecule has 0 bridgehead atoms. The molecule has 0 aromatic heterocycles. The van der Waals surface area contributed by atoms with E-state index in [0.29, 0.717) is 22.3 Å². The third-order valence-corrected chi connectivity index (χ3v) is 4.12. The smallest absolute Gasteiger partial charge is 0.123 e. The Balaban J connectivity index is 2.26. The lowest BCUT2D eigenvalue weighted by Crippen LogP contribution is -2.06. The maximum Gasteiger partial charge on any atom is 0.123 e. The molecule has 0 heterocycles. The molecule has 2 rings (SSSR count). The van der Waals surface area contributed by atoms with Gasteiger partial charge < -0.3 is 0 Å². The summed E-state index contributed by atoms with van der Waals surface area (Å²) in [6, 6.07) is 11.8. The third-order valence-electron chi connectivity index (χ3n) is 3.04. The molecule has 4 heteroatoms. The molecule has 0 spiro atoms. The van der Waals surface area contributed by atoms with Gasteiger partial charge in [0.2, 0.25) is 0 Å². The molecule has 0 radical (unpaired) electrons. The Kier molecular flexibility index (Phi) is 5.09. The molecule has 0 nitrogen and oxygen atoms in total. The minimum absolute atomic E-state index is 0.0552. The quantitative estimate of drug-likeness (QED) is 0.635. The fourth-order valence-corrected chi connectivity index (χ4v) is 2.81. The second-order valence-corrected chi connectivity index (χ2v) is 5.43. The molecule has 0 aliphatic carbocycles. The van der Waals surface area contributed by atoms with E-state index in [1.807, 2.05) is 6.07 Å². The van der Waals surface area contributed by atoms with Gasteiger partial charge >= 0.3 is 0 Å². The van der Waals surface area contributed by atoms with Crippen LogP contribution in [0.25, 0.3) is 0 Å². The molecule has 2 aromatic carbocycles. The molecule has 0 fully saturated rings. The highest BCUT2D eigenvalue weighted by atomic mass is 35.5. The molecule has 0 N–H and O–H groups in total. The van der Waals surface area contributed by atoms with Gasteiger partial charge in [0.1, 0.15) is 5.82 Å². The fourth-order valence-electron chi connectivity index (χ4n) is 1.97. The van der Waals surface area contributed by atoms with Crippen LogP contribution in [0.4, 0.5) is 4.39 Å². The van der Waals surface area contributed by atoms with Crippen molar-refractivity contribution in [1.82, 2.24) is 0 Å². The lowest BCUT2D eigenvalue weighted by atomic mass is 9.93. The van der Waals surface area contributed by atoms with Gasteiger partial charge in [0, 0.05) is 21.8 Å². The lowest BCUT2D eigenvalue weighted by Gasteiger charge is -2.16. The van der Waals surface area contributed by atoms with E-state index in [-0.39, 0.29) is 11.7 Å². The zero-order valence-corrected chi connectivity index (χ0v) is 12.3. The standard InChI is InChI=1S/C15H12Cl3F/c16-9-11(10-4-6-12(19)7-5-10)8-13-14(17)2-1-3-15(13)18/h1-7,11H,8-9H2. The Labute approximate surface area is 127 Å². The Hall–Kier alpha value is -0.760. The normalized spacial score (nSPS) is 12.4. The largest absolute Gasteiger partial charge is 0.207 e. The number of hydrogen-bond acceptors (Lipinski definition) is 0. The molecular formula is C15H12Cl3F. The van der Waals surface area contributed by atoms with E-state index in [0.717, 1.165) is 11.1 Å². The highest BCUT2D eigenvalue weighted by molar-refractivity contribution is 6.36. The van der Waals surface area contributed by atoms with E-state index in [1.165, 1.54) is 12.1 Å². The second-order valence-electron chi connectivity index (χ2n) is 4.31. The van der Waals surface area contributed by atoms with Crippen LogP contribution in [0.3, 0.4) is 0 Å².